The molecule has 0 radical (unpaired) electrons. The average Bonchev–Trinajstić information content (AvgIpc) is 2.94. The van der Waals surface area contributed by atoms with Crippen molar-refractivity contribution in [3.05, 3.63) is 21.8 Å². The molecule has 1 atom stereocenters. The highest BCUT2D eigenvalue weighted by atomic mass is 32.2. The fourth-order valence-electron chi connectivity index (χ4n) is 2.91. The lowest BCUT2D eigenvalue weighted by molar-refractivity contribution is 0.224. The second-order valence-corrected chi connectivity index (χ2v) is 7.56. The Morgan fingerprint density at radius 1 is 1.52 bits per heavy atom. The number of fused-ring (bicyclic) bond motifs is 1. The number of nitrogens with zero attached hydrogens (tertiary/aromatic N) is 3. The molecule has 1 saturated heterocycles. The van der Waals surface area contributed by atoms with Gasteiger partial charge < -0.3 is 4.90 Å². The molecule has 4 nitrogen and oxygen atoms in total. The summed E-state index contributed by atoms with van der Waals surface area (Å²) in [5, 5.41) is 2.82. The Kier molecular flexibility index (Phi) is 4.66. The normalized spacial score (nSPS) is 20.2. The minimum absolute atomic E-state index is 0.112. The van der Waals surface area contributed by atoms with Crippen molar-refractivity contribution < 1.29 is 0 Å². The van der Waals surface area contributed by atoms with Crippen LogP contribution in [0.1, 0.15) is 19.8 Å². The SMILES string of the molecule is CCn1c(SCC2CCCN(C)C2)nc2ccsc2c1=O. The highest BCUT2D eigenvalue weighted by Crippen LogP contribution is 2.25. The van der Waals surface area contributed by atoms with Gasteiger partial charge in [0.25, 0.3) is 5.56 Å². The lowest BCUT2D eigenvalue weighted by Crippen LogP contribution is -2.33. The van der Waals surface area contributed by atoms with Gasteiger partial charge in [-0.1, -0.05) is 11.8 Å². The predicted molar refractivity (Wildman–Crippen MR) is 90.5 cm³/mol. The minimum atomic E-state index is 0.112. The summed E-state index contributed by atoms with van der Waals surface area (Å²) in [6.07, 6.45) is 2.56. The molecule has 0 bridgehead atoms. The fraction of sp³-hybridized carbons (Fsp3) is 0.600. The number of hydrogen-bond donors (Lipinski definition) is 0. The van der Waals surface area contributed by atoms with E-state index in [1.807, 2.05) is 22.9 Å². The van der Waals surface area contributed by atoms with E-state index in [1.54, 1.807) is 11.8 Å². The lowest BCUT2D eigenvalue weighted by atomic mass is 10.0. The van der Waals surface area contributed by atoms with Crippen LogP contribution < -0.4 is 5.56 Å². The maximum atomic E-state index is 12.5. The monoisotopic (exact) mass is 323 g/mol. The lowest BCUT2D eigenvalue weighted by Gasteiger charge is -2.29. The van der Waals surface area contributed by atoms with Crippen LogP contribution in [0.25, 0.3) is 10.2 Å². The maximum Gasteiger partial charge on any atom is 0.272 e. The van der Waals surface area contributed by atoms with Crippen LogP contribution in [0.3, 0.4) is 0 Å². The summed E-state index contributed by atoms with van der Waals surface area (Å²) in [5.41, 5.74) is 0.957. The molecule has 114 valence electrons. The summed E-state index contributed by atoms with van der Waals surface area (Å²) in [6, 6.07) is 1.94. The van der Waals surface area contributed by atoms with Crippen LogP contribution in [0.4, 0.5) is 0 Å². The molecule has 0 N–H and O–H groups in total. The Morgan fingerprint density at radius 3 is 3.14 bits per heavy atom. The third-order valence-electron chi connectivity index (χ3n) is 4.02. The summed E-state index contributed by atoms with van der Waals surface area (Å²) in [4.78, 5) is 19.5. The summed E-state index contributed by atoms with van der Waals surface area (Å²) in [5.74, 6) is 1.75. The third kappa shape index (κ3) is 3.17. The summed E-state index contributed by atoms with van der Waals surface area (Å²) in [6.45, 7) is 5.07. The smallest absolute Gasteiger partial charge is 0.272 e. The van der Waals surface area contributed by atoms with Crippen LogP contribution in [0.5, 0.6) is 0 Å². The summed E-state index contributed by atoms with van der Waals surface area (Å²) in [7, 11) is 2.19. The zero-order valence-electron chi connectivity index (χ0n) is 12.5. The third-order valence-corrected chi connectivity index (χ3v) is 6.12. The van der Waals surface area contributed by atoms with E-state index in [4.69, 9.17) is 4.98 Å². The molecular formula is C15H21N3OS2. The van der Waals surface area contributed by atoms with Gasteiger partial charge in [-0.15, -0.1) is 11.3 Å². The number of likely N-dealkylation sites (tertiary alicyclic amines) is 1. The second kappa shape index (κ2) is 6.50. The first-order valence-electron chi connectivity index (χ1n) is 7.48. The van der Waals surface area contributed by atoms with E-state index in [1.165, 1.54) is 30.7 Å². The van der Waals surface area contributed by atoms with Gasteiger partial charge in [0, 0.05) is 18.8 Å². The van der Waals surface area contributed by atoms with Gasteiger partial charge >= 0.3 is 0 Å². The van der Waals surface area contributed by atoms with Crippen LogP contribution in [0.2, 0.25) is 0 Å². The molecule has 0 aromatic carbocycles. The number of rotatable bonds is 4. The highest BCUT2D eigenvalue weighted by Gasteiger charge is 2.19. The molecule has 0 aliphatic carbocycles. The molecule has 1 aliphatic heterocycles. The van der Waals surface area contributed by atoms with E-state index in [9.17, 15) is 4.79 Å². The topological polar surface area (TPSA) is 38.1 Å². The van der Waals surface area contributed by atoms with E-state index in [0.29, 0.717) is 12.5 Å². The van der Waals surface area contributed by atoms with Gasteiger partial charge in [-0.3, -0.25) is 9.36 Å². The fourth-order valence-corrected chi connectivity index (χ4v) is 4.88. The number of piperidine rings is 1. The first-order chi connectivity index (χ1) is 10.2. The van der Waals surface area contributed by atoms with Crippen molar-refractivity contribution in [2.45, 2.75) is 31.5 Å². The van der Waals surface area contributed by atoms with Gasteiger partial charge in [0.05, 0.1) is 5.52 Å². The molecule has 21 heavy (non-hydrogen) atoms. The number of thiophene rings is 1. The van der Waals surface area contributed by atoms with Crippen LogP contribution >= 0.6 is 23.1 Å². The molecule has 0 spiro atoms. The van der Waals surface area contributed by atoms with Gasteiger partial charge in [-0.05, 0) is 50.7 Å². The Labute approximate surface area is 133 Å². The largest absolute Gasteiger partial charge is 0.306 e. The molecule has 2 aromatic rings. The number of hydrogen-bond acceptors (Lipinski definition) is 5. The quantitative estimate of drug-likeness (QED) is 0.640. The van der Waals surface area contributed by atoms with Gasteiger partial charge in [-0.2, -0.15) is 0 Å². The van der Waals surface area contributed by atoms with Gasteiger partial charge in [-0.25, -0.2) is 4.98 Å². The summed E-state index contributed by atoms with van der Waals surface area (Å²) >= 11 is 3.23. The Morgan fingerprint density at radius 2 is 2.38 bits per heavy atom. The molecule has 3 rings (SSSR count). The standard InChI is InChI=1S/C15H21N3OS2/c1-3-18-14(19)13-12(6-8-20-13)16-15(18)21-10-11-5-4-7-17(2)9-11/h6,8,11H,3-5,7,9-10H2,1-2H3. The van der Waals surface area contributed by atoms with Crippen LogP contribution in [-0.2, 0) is 6.54 Å². The first-order valence-corrected chi connectivity index (χ1v) is 9.35. The minimum Gasteiger partial charge on any atom is -0.306 e. The number of aromatic nitrogens is 2. The average molecular weight is 323 g/mol. The van der Waals surface area contributed by atoms with E-state index in [2.05, 4.69) is 11.9 Å². The molecule has 0 saturated carbocycles. The molecule has 1 fully saturated rings. The van der Waals surface area contributed by atoms with Crippen molar-refractivity contribution in [1.82, 2.24) is 14.5 Å². The van der Waals surface area contributed by atoms with Crippen molar-refractivity contribution >= 4 is 33.3 Å². The predicted octanol–water partition coefficient (Wildman–Crippen LogP) is 2.91. The van der Waals surface area contributed by atoms with Gasteiger partial charge in [0.2, 0.25) is 0 Å². The van der Waals surface area contributed by atoms with Gasteiger partial charge in [0.15, 0.2) is 5.16 Å². The molecule has 3 heterocycles. The van der Waals surface area contributed by atoms with Crippen molar-refractivity contribution in [3.63, 3.8) is 0 Å². The number of thioether (sulfide) groups is 1. The molecule has 1 aliphatic rings. The molecule has 0 amide bonds. The van der Waals surface area contributed by atoms with Crippen molar-refractivity contribution in [2.24, 2.45) is 5.92 Å². The summed E-state index contributed by atoms with van der Waals surface area (Å²) < 4.78 is 2.59. The molecule has 6 heteroatoms. The van der Waals surface area contributed by atoms with E-state index >= 15 is 0 Å². The zero-order chi connectivity index (χ0) is 14.8. The van der Waals surface area contributed by atoms with Gasteiger partial charge in [0.1, 0.15) is 4.70 Å². The Balaban J connectivity index is 1.81. The molecule has 2 aromatic heterocycles. The van der Waals surface area contributed by atoms with E-state index in [0.717, 1.165) is 27.7 Å². The highest BCUT2D eigenvalue weighted by molar-refractivity contribution is 7.99. The van der Waals surface area contributed by atoms with Crippen LogP contribution in [-0.4, -0.2) is 40.3 Å². The molecular weight excluding hydrogens is 302 g/mol. The zero-order valence-corrected chi connectivity index (χ0v) is 14.2. The van der Waals surface area contributed by atoms with E-state index in [-0.39, 0.29) is 5.56 Å². The molecule has 1 unspecified atom stereocenters. The Hall–Kier alpha value is -0.850. The maximum absolute atomic E-state index is 12.5. The van der Waals surface area contributed by atoms with Crippen molar-refractivity contribution in [3.8, 4) is 0 Å². The first kappa shape index (κ1) is 15.1. The van der Waals surface area contributed by atoms with Crippen molar-refractivity contribution in [2.75, 3.05) is 25.9 Å². The van der Waals surface area contributed by atoms with Crippen LogP contribution in [0.15, 0.2) is 21.4 Å². The Bertz CT molecular complexity index is 679. The van der Waals surface area contributed by atoms with Crippen molar-refractivity contribution in [1.29, 1.82) is 0 Å². The van der Waals surface area contributed by atoms with Crippen LogP contribution in [0, 0.1) is 5.92 Å². The second-order valence-electron chi connectivity index (χ2n) is 5.66. The van der Waals surface area contributed by atoms with E-state index < -0.39 is 0 Å².